The fourth-order valence-corrected chi connectivity index (χ4v) is 2.57. The molecule has 20 heavy (non-hydrogen) atoms. The van der Waals surface area contributed by atoms with Crippen LogP contribution in [0.25, 0.3) is 11.4 Å². The zero-order chi connectivity index (χ0) is 13.9. The predicted octanol–water partition coefficient (Wildman–Crippen LogP) is 2.87. The molecule has 5 heteroatoms. The first kappa shape index (κ1) is 13.1. The lowest BCUT2D eigenvalue weighted by atomic mass is 10.1. The fourth-order valence-electron chi connectivity index (χ4n) is 2.57. The third-order valence-electron chi connectivity index (χ3n) is 3.70. The highest BCUT2D eigenvalue weighted by Gasteiger charge is 2.21. The number of rotatable bonds is 3. The lowest BCUT2D eigenvalue weighted by molar-refractivity contribution is 0.297. The average Bonchev–Trinajstić information content (AvgIpc) is 2.98. The molecule has 0 aliphatic carbocycles. The smallest absolute Gasteiger partial charge is 0.244 e. The molecule has 1 aliphatic heterocycles. The second kappa shape index (κ2) is 5.63. The maximum atomic E-state index is 5.40. The molecule has 1 aromatic carbocycles. The van der Waals surface area contributed by atoms with Gasteiger partial charge in [-0.3, -0.25) is 0 Å². The third-order valence-corrected chi connectivity index (χ3v) is 3.70. The molecule has 5 nitrogen and oxygen atoms in total. The Morgan fingerprint density at radius 1 is 1.35 bits per heavy atom. The molecule has 0 saturated carbocycles. The van der Waals surface area contributed by atoms with Crippen LogP contribution in [0.1, 0.15) is 36.8 Å². The van der Waals surface area contributed by atoms with E-state index in [0.717, 1.165) is 29.8 Å². The Morgan fingerprint density at radius 3 is 2.95 bits per heavy atom. The average molecular weight is 273 g/mol. The molecule has 1 aromatic heterocycles. The number of hydrogen-bond donors (Lipinski definition) is 1. The zero-order valence-corrected chi connectivity index (χ0v) is 11.8. The van der Waals surface area contributed by atoms with Crippen LogP contribution in [0, 0.1) is 6.92 Å². The lowest BCUT2D eigenvalue weighted by Crippen LogP contribution is -2.26. The van der Waals surface area contributed by atoms with Crippen molar-refractivity contribution in [3.8, 4) is 17.1 Å². The monoisotopic (exact) mass is 273 g/mol. The summed E-state index contributed by atoms with van der Waals surface area (Å²) < 4.78 is 10.7. The van der Waals surface area contributed by atoms with E-state index in [1.165, 1.54) is 12.8 Å². The summed E-state index contributed by atoms with van der Waals surface area (Å²) in [5.41, 5.74) is 2.02. The van der Waals surface area contributed by atoms with Crippen molar-refractivity contribution in [1.82, 2.24) is 15.5 Å². The summed E-state index contributed by atoms with van der Waals surface area (Å²) in [6.45, 7) is 3.02. The van der Waals surface area contributed by atoms with Gasteiger partial charge < -0.3 is 14.6 Å². The summed E-state index contributed by atoms with van der Waals surface area (Å²) in [6.07, 6.45) is 3.48. The van der Waals surface area contributed by atoms with E-state index in [1.807, 2.05) is 25.1 Å². The minimum atomic E-state index is 0.198. The molecule has 2 aromatic rings. The molecule has 106 valence electrons. The van der Waals surface area contributed by atoms with E-state index in [0.29, 0.717) is 11.7 Å². The number of aromatic nitrogens is 2. The number of hydrogen-bond acceptors (Lipinski definition) is 5. The number of nitrogens with one attached hydrogen (secondary N) is 1. The van der Waals surface area contributed by atoms with Gasteiger partial charge in [-0.05, 0) is 50.1 Å². The van der Waals surface area contributed by atoms with Crippen molar-refractivity contribution >= 4 is 0 Å². The van der Waals surface area contributed by atoms with E-state index in [-0.39, 0.29) is 6.04 Å². The number of benzene rings is 1. The summed E-state index contributed by atoms with van der Waals surface area (Å²) in [7, 11) is 1.67. The van der Waals surface area contributed by atoms with Crippen molar-refractivity contribution in [1.29, 1.82) is 0 Å². The van der Waals surface area contributed by atoms with Crippen LogP contribution >= 0.6 is 0 Å². The SMILES string of the molecule is COc1ccc(-c2noc([C@H]3CCCCN3)n2)cc1C. The van der Waals surface area contributed by atoms with E-state index in [9.17, 15) is 0 Å². The third kappa shape index (κ3) is 2.54. The van der Waals surface area contributed by atoms with Crippen LogP contribution in [-0.2, 0) is 0 Å². The molecule has 0 bridgehead atoms. The molecule has 1 saturated heterocycles. The Balaban J connectivity index is 1.84. The van der Waals surface area contributed by atoms with Gasteiger partial charge in [0.2, 0.25) is 11.7 Å². The largest absolute Gasteiger partial charge is 0.496 e. The first-order chi connectivity index (χ1) is 9.78. The topological polar surface area (TPSA) is 60.2 Å². The number of piperidine rings is 1. The van der Waals surface area contributed by atoms with Crippen LogP contribution in [0.4, 0.5) is 0 Å². The summed E-state index contributed by atoms with van der Waals surface area (Å²) in [5, 5.41) is 7.50. The van der Waals surface area contributed by atoms with E-state index in [4.69, 9.17) is 9.26 Å². The van der Waals surface area contributed by atoms with Gasteiger partial charge in [-0.1, -0.05) is 11.6 Å². The van der Waals surface area contributed by atoms with Crippen molar-refractivity contribution in [2.75, 3.05) is 13.7 Å². The van der Waals surface area contributed by atoms with Crippen LogP contribution in [0.5, 0.6) is 5.75 Å². The number of methoxy groups -OCH3 is 1. The van der Waals surface area contributed by atoms with Gasteiger partial charge in [-0.2, -0.15) is 4.98 Å². The molecule has 0 unspecified atom stereocenters. The Hall–Kier alpha value is -1.88. The Morgan fingerprint density at radius 2 is 2.25 bits per heavy atom. The standard InChI is InChI=1S/C15H19N3O2/c1-10-9-11(6-7-13(10)19-2)14-17-15(20-18-14)12-5-3-4-8-16-12/h6-7,9,12,16H,3-5,8H2,1-2H3/t12-/m1/s1. The minimum Gasteiger partial charge on any atom is -0.496 e. The molecule has 0 radical (unpaired) electrons. The first-order valence-corrected chi connectivity index (χ1v) is 7.00. The molecular formula is C15H19N3O2. The highest BCUT2D eigenvalue weighted by atomic mass is 16.5. The van der Waals surface area contributed by atoms with Gasteiger partial charge in [0.25, 0.3) is 0 Å². The van der Waals surface area contributed by atoms with Crippen molar-refractivity contribution in [3.05, 3.63) is 29.7 Å². The Bertz CT molecular complexity index is 589. The van der Waals surface area contributed by atoms with E-state index in [1.54, 1.807) is 7.11 Å². The Kier molecular flexibility index (Phi) is 3.69. The van der Waals surface area contributed by atoms with Gasteiger partial charge in [0.05, 0.1) is 13.2 Å². The lowest BCUT2D eigenvalue weighted by Gasteiger charge is -2.19. The normalized spacial score (nSPS) is 19.0. The molecule has 1 N–H and O–H groups in total. The number of aryl methyl sites for hydroxylation is 1. The van der Waals surface area contributed by atoms with Crippen LogP contribution in [0.2, 0.25) is 0 Å². The van der Waals surface area contributed by atoms with Gasteiger partial charge in [0, 0.05) is 5.56 Å². The predicted molar refractivity (Wildman–Crippen MR) is 75.6 cm³/mol. The second-order valence-corrected chi connectivity index (χ2v) is 5.14. The van der Waals surface area contributed by atoms with E-state index < -0.39 is 0 Å². The van der Waals surface area contributed by atoms with Crippen molar-refractivity contribution < 1.29 is 9.26 Å². The summed E-state index contributed by atoms with van der Waals surface area (Å²) >= 11 is 0. The van der Waals surface area contributed by atoms with Gasteiger partial charge in [0.1, 0.15) is 5.75 Å². The van der Waals surface area contributed by atoms with Crippen LogP contribution in [0.15, 0.2) is 22.7 Å². The summed E-state index contributed by atoms with van der Waals surface area (Å²) in [5.74, 6) is 2.19. The highest BCUT2D eigenvalue weighted by molar-refractivity contribution is 5.58. The van der Waals surface area contributed by atoms with E-state index in [2.05, 4.69) is 15.5 Å². The van der Waals surface area contributed by atoms with Crippen molar-refractivity contribution in [2.45, 2.75) is 32.2 Å². The fraction of sp³-hybridized carbons (Fsp3) is 0.467. The number of nitrogens with zero attached hydrogens (tertiary/aromatic N) is 2. The maximum Gasteiger partial charge on any atom is 0.244 e. The molecule has 1 fully saturated rings. The van der Waals surface area contributed by atoms with Gasteiger partial charge in [-0.15, -0.1) is 0 Å². The molecule has 1 atom stereocenters. The van der Waals surface area contributed by atoms with E-state index >= 15 is 0 Å². The second-order valence-electron chi connectivity index (χ2n) is 5.14. The van der Waals surface area contributed by atoms with Crippen LogP contribution in [-0.4, -0.2) is 23.8 Å². The molecule has 3 rings (SSSR count). The van der Waals surface area contributed by atoms with Gasteiger partial charge >= 0.3 is 0 Å². The zero-order valence-electron chi connectivity index (χ0n) is 11.8. The summed E-state index contributed by atoms with van der Waals surface area (Å²) in [4.78, 5) is 4.52. The highest BCUT2D eigenvalue weighted by Crippen LogP contribution is 2.27. The summed E-state index contributed by atoms with van der Waals surface area (Å²) in [6, 6.07) is 6.10. The van der Waals surface area contributed by atoms with Crippen LogP contribution < -0.4 is 10.1 Å². The minimum absolute atomic E-state index is 0.198. The molecular weight excluding hydrogens is 254 g/mol. The maximum absolute atomic E-state index is 5.40. The quantitative estimate of drug-likeness (QED) is 0.931. The molecule has 2 heterocycles. The number of ether oxygens (including phenoxy) is 1. The van der Waals surface area contributed by atoms with Gasteiger partial charge in [0.15, 0.2) is 0 Å². The first-order valence-electron chi connectivity index (χ1n) is 7.00. The van der Waals surface area contributed by atoms with Gasteiger partial charge in [-0.25, -0.2) is 0 Å². The molecule has 0 amide bonds. The van der Waals surface area contributed by atoms with Crippen molar-refractivity contribution in [2.24, 2.45) is 0 Å². The van der Waals surface area contributed by atoms with Crippen molar-refractivity contribution in [3.63, 3.8) is 0 Å². The van der Waals surface area contributed by atoms with Crippen LogP contribution in [0.3, 0.4) is 0 Å². The molecule has 0 spiro atoms. The Labute approximate surface area is 118 Å². The molecule has 1 aliphatic rings.